The number of hydrogen-bond donors (Lipinski definition) is 2. The molecule has 7 rings (SSSR count). The number of benzene rings is 2. The highest BCUT2D eigenvalue weighted by Gasteiger charge is 2.57. The number of hydrogen-bond acceptors (Lipinski definition) is 4. The molecule has 2 aromatic rings. The van der Waals surface area contributed by atoms with Crippen LogP contribution in [0.5, 0.6) is 0 Å². The van der Waals surface area contributed by atoms with Gasteiger partial charge in [-0.3, -0.25) is 9.59 Å². The molecule has 0 aromatic heterocycles. The lowest BCUT2D eigenvalue weighted by Gasteiger charge is -2.36. The largest absolute Gasteiger partial charge is 0.481 e. The highest BCUT2D eigenvalue weighted by atomic mass is 16.5. The number of carbonyl (C=O) groups excluding carboxylic acids is 2. The summed E-state index contributed by atoms with van der Waals surface area (Å²) in [6.45, 7) is 0.823. The zero-order valence-electron chi connectivity index (χ0n) is 19.6. The predicted octanol–water partition coefficient (Wildman–Crippen LogP) is 4.02. The molecule has 2 aliphatic heterocycles. The lowest BCUT2D eigenvalue weighted by molar-refractivity contribution is -0.149. The molecule has 35 heavy (non-hydrogen) atoms. The predicted molar refractivity (Wildman–Crippen MR) is 129 cm³/mol. The summed E-state index contributed by atoms with van der Waals surface area (Å²) in [6, 6.07) is 16.2. The Morgan fingerprint density at radius 2 is 1.66 bits per heavy atom. The van der Waals surface area contributed by atoms with E-state index in [2.05, 4.69) is 29.6 Å². The standard InChI is InChI=1S/C28H30N2O5/c31-26(30-14-17-13-24(30)25(17)27(32)33)16-6-5-7-18(12-16)29-28(34)35-15-23-21-10-3-1-8-19(21)20-9-2-4-11-22(20)23/h1-4,8-11,16-18,23-25H,5-7,12-15H2,(H,29,34)(H,32,33)/t16-,17?,18+,24?,25?/m1/s1. The van der Waals surface area contributed by atoms with Gasteiger partial charge >= 0.3 is 12.1 Å². The first-order valence-corrected chi connectivity index (χ1v) is 12.7. The number of nitrogens with zero attached hydrogens (tertiary/aromatic N) is 1. The van der Waals surface area contributed by atoms with Crippen molar-refractivity contribution < 1.29 is 24.2 Å². The highest BCUT2D eigenvalue weighted by Crippen LogP contribution is 2.48. The number of aliphatic carboxylic acids is 1. The van der Waals surface area contributed by atoms with Crippen molar-refractivity contribution in [2.24, 2.45) is 17.8 Å². The van der Waals surface area contributed by atoms with Crippen molar-refractivity contribution in [3.63, 3.8) is 0 Å². The van der Waals surface area contributed by atoms with Gasteiger partial charge < -0.3 is 20.1 Å². The molecule has 7 heteroatoms. The van der Waals surface area contributed by atoms with Crippen LogP contribution in [0.3, 0.4) is 0 Å². The number of amides is 2. The molecule has 2 bridgehead atoms. The highest BCUT2D eigenvalue weighted by molar-refractivity contribution is 5.83. The fourth-order valence-electron chi connectivity index (χ4n) is 6.83. The van der Waals surface area contributed by atoms with Gasteiger partial charge in [0.2, 0.25) is 5.91 Å². The quantitative estimate of drug-likeness (QED) is 0.683. The Morgan fingerprint density at radius 1 is 0.971 bits per heavy atom. The van der Waals surface area contributed by atoms with Gasteiger partial charge in [0.05, 0.1) is 5.92 Å². The maximum atomic E-state index is 13.2. The molecule has 4 fully saturated rings. The molecule has 2 N–H and O–H groups in total. The number of fused-ring (bicyclic) bond motifs is 4. The van der Waals surface area contributed by atoms with Crippen LogP contribution < -0.4 is 5.32 Å². The fraction of sp³-hybridized carbons (Fsp3) is 0.464. The Morgan fingerprint density at radius 3 is 2.31 bits per heavy atom. The van der Waals surface area contributed by atoms with E-state index in [0.29, 0.717) is 13.0 Å². The third-order valence-electron chi connectivity index (χ3n) is 8.56. The molecular weight excluding hydrogens is 444 g/mol. The third-order valence-corrected chi connectivity index (χ3v) is 8.56. The SMILES string of the molecule is O=C(N[C@H]1CCC[C@@H](C(=O)N2CC3CC2C3C(=O)O)C1)OCC1c2ccccc2-c2ccccc21. The summed E-state index contributed by atoms with van der Waals surface area (Å²) in [6.07, 6.45) is 3.39. The van der Waals surface area contributed by atoms with E-state index < -0.39 is 18.0 Å². The van der Waals surface area contributed by atoms with E-state index in [1.165, 1.54) is 22.3 Å². The molecular formula is C28H30N2O5. The molecule has 0 radical (unpaired) electrons. The second-order valence-corrected chi connectivity index (χ2v) is 10.4. The summed E-state index contributed by atoms with van der Waals surface area (Å²) < 4.78 is 5.69. The minimum atomic E-state index is -0.792. The van der Waals surface area contributed by atoms with Crippen molar-refractivity contribution in [1.29, 1.82) is 0 Å². The molecule has 3 aliphatic carbocycles. The number of nitrogens with one attached hydrogen (secondary N) is 1. The zero-order chi connectivity index (χ0) is 24.1. The van der Waals surface area contributed by atoms with E-state index in [0.717, 1.165) is 25.7 Å². The maximum Gasteiger partial charge on any atom is 0.407 e. The van der Waals surface area contributed by atoms with E-state index in [1.54, 1.807) is 4.90 Å². The van der Waals surface area contributed by atoms with E-state index in [4.69, 9.17) is 4.74 Å². The molecule has 5 atom stereocenters. The second-order valence-electron chi connectivity index (χ2n) is 10.4. The van der Waals surface area contributed by atoms with Crippen LogP contribution in [0.4, 0.5) is 4.79 Å². The summed E-state index contributed by atoms with van der Waals surface area (Å²) in [5.74, 6) is -1.20. The van der Waals surface area contributed by atoms with Crippen LogP contribution in [-0.2, 0) is 14.3 Å². The van der Waals surface area contributed by atoms with Crippen molar-refractivity contribution in [2.75, 3.05) is 13.2 Å². The van der Waals surface area contributed by atoms with Crippen LogP contribution in [0.25, 0.3) is 11.1 Å². The summed E-state index contributed by atoms with van der Waals surface area (Å²) in [7, 11) is 0. The molecule has 2 aromatic carbocycles. The zero-order valence-corrected chi connectivity index (χ0v) is 19.6. The molecule has 182 valence electrons. The first-order valence-electron chi connectivity index (χ1n) is 12.7. The number of alkyl carbamates (subject to hydrolysis) is 1. The van der Waals surface area contributed by atoms with Crippen LogP contribution in [0.15, 0.2) is 48.5 Å². The Labute approximate surface area is 204 Å². The normalized spacial score (nSPS) is 28.6. The van der Waals surface area contributed by atoms with E-state index in [1.807, 2.05) is 24.3 Å². The molecule has 7 nitrogen and oxygen atoms in total. The van der Waals surface area contributed by atoms with Crippen molar-refractivity contribution in [3.05, 3.63) is 59.7 Å². The van der Waals surface area contributed by atoms with Crippen LogP contribution in [0.1, 0.15) is 49.1 Å². The lowest BCUT2D eigenvalue weighted by atomic mass is 9.74. The monoisotopic (exact) mass is 474 g/mol. The van der Waals surface area contributed by atoms with Gasteiger partial charge in [0.1, 0.15) is 6.61 Å². The topological polar surface area (TPSA) is 95.9 Å². The first-order chi connectivity index (χ1) is 17.0. The number of ether oxygens (including phenoxy) is 1. The van der Waals surface area contributed by atoms with Crippen molar-refractivity contribution in [1.82, 2.24) is 10.2 Å². The average molecular weight is 475 g/mol. The number of carboxylic acid groups (broad SMARTS) is 1. The Balaban J connectivity index is 1.05. The van der Waals surface area contributed by atoms with Gasteiger partial charge in [-0.2, -0.15) is 0 Å². The summed E-state index contributed by atoms with van der Waals surface area (Å²) >= 11 is 0. The van der Waals surface area contributed by atoms with Crippen molar-refractivity contribution >= 4 is 18.0 Å². The van der Waals surface area contributed by atoms with E-state index in [9.17, 15) is 19.5 Å². The van der Waals surface area contributed by atoms with Crippen LogP contribution in [0, 0.1) is 17.8 Å². The third kappa shape index (κ3) is 3.77. The average Bonchev–Trinajstić information content (AvgIpc) is 3.53. The molecule has 2 amide bonds. The van der Waals surface area contributed by atoms with E-state index >= 15 is 0 Å². The minimum Gasteiger partial charge on any atom is -0.481 e. The molecule has 0 spiro atoms. The summed E-state index contributed by atoms with van der Waals surface area (Å²) in [5, 5.41) is 12.4. The van der Waals surface area contributed by atoms with Gasteiger partial charge in [0.15, 0.2) is 0 Å². The smallest absolute Gasteiger partial charge is 0.407 e. The van der Waals surface area contributed by atoms with Crippen LogP contribution >= 0.6 is 0 Å². The minimum absolute atomic E-state index is 0.0117. The number of carbonyl (C=O) groups is 3. The van der Waals surface area contributed by atoms with Crippen LogP contribution in [0.2, 0.25) is 0 Å². The Kier molecular flexibility index (Phi) is 5.50. The van der Waals surface area contributed by atoms with Gasteiger partial charge in [-0.25, -0.2) is 4.79 Å². The second kappa shape index (κ2) is 8.70. The molecule has 3 unspecified atom stereocenters. The number of carboxylic acids is 1. The molecule has 2 heterocycles. The Bertz CT molecular complexity index is 1130. The fourth-order valence-corrected chi connectivity index (χ4v) is 6.83. The van der Waals surface area contributed by atoms with Crippen LogP contribution in [-0.4, -0.2) is 53.2 Å². The summed E-state index contributed by atoms with van der Waals surface area (Å²) in [4.78, 5) is 39.1. The first kappa shape index (κ1) is 22.1. The van der Waals surface area contributed by atoms with Crippen molar-refractivity contribution in [3.8, 4) is 11.1 Å². The van der Waals surface area contributed by atoms with E-state index in [-0.39, 0.29) is 42.4 Å². The van der Waals surface area contributed by atoms with Gasteiger partial charge in [-0.05, 0) is 53.9 Å². The number of rotatable bonds is 5. The van der Waals surface area contributed by atoms with Gasteiger partial charge in [-0.15, -0.1) is 0 Å². The maximum absolute atomic E-state index is 13.2. The molecule has 5 aliphatic rings. The lowest BCUT2D eigenvalue weighted by Crippen LogP contribution is -2.48. The molecule has 2 saturated carbocycles. The Hall–Kier alpha value is -3.35. The molecule has 2 saturated heterocycles. The summed E-state index contributed by atoms with van der Waals surface area (Å²) in [5.41, 5.74) is 4.73. The van der Waals surface area contributed by atoms with Gasteiger partial charge in [0, 0.05) is 30.5 Å². The van der Waals surface area contributed by atoms with Gasteiger partial charge in [-0.1, -0.05) is 55.0 Å². The van der Waals surface area contributed by atoms with Gasteiger partial charge in [0.25, 0.3) is 0 Å². The van der Waals surface area contributed by atoms with Crippen molar-refractivity contribution in [2.45, 2.75) is 50.1 Å².